The molecule has 0 saturated carbocycles. The van der Waals surface area contributed by atoms with Gasteiger partial charge in [0.05, 0.1) is 6.04 Å². The Bertz CT molecular complexity index is 495. The number of thiazole rings is 1. The van der Waals surface area contributed by atoms with E-state index in [1.54, 1.807) is 17.7 Å². The molecule has 0 aliphatic heterocycles. The molecule has 0 aliphatic carbocycles. The van der Waals surface area contributed by atoms with Crippen LogP contribution in [-0.2, 0) is 6.42 Å². The second-order valence-electron chi connectivity index (χ2n) is 3.93. The number of anilines is 1. The first-order valence-electron chi connectivity index (χ1n) is 5.69. The summed E-state index contributed by atoms with van der Waals surface area (Å²) in [5.74, 6) is 0.846. The lowest BCUT2D eigenvalue weighted by molar-refractivity contribution is 0.856. The molecule has 0 amide bonds. The molecule has 2 aromatic heterocycles. The zero-order valence-corrected chi connectivity index (χ0v) is 11.1. The molecule has 0 radical (unpaired) electrons. The highest BCUT2D eigenvalue weighted by atomic mass is 32.1. The van der Waals surface area contributed by atoms with Gasteiger partial charge in [-0.3, -0.25) is 0 Å². The minimum Gasteiger partial charge on any atom is -0.361 e. The minimum absolute atomic E-state index is 0.176. The molecule has 2 heterocycles. The van der Waals surface area contributed by atoms with E-state index in [0.29, 0.717) is 0 Å². The summed E-state index contributed by atoms with van der Waals surface area (Å²) in [5.41, 5.74) is 0.961. The highest BCUT2D eigenvalue weighted by molar-refractivity contribution is 7.11. The van der Waals surface area contributed by atoms with Crippen molar-refractivity contribution in [2.24, 2.45) is 0 Å². The Morgan fingerprint density at radius 2 is 2.18 bits per heavy atom. The highest BCUT2D eigenvalue weighted by Gasteiger charge is 2.10. The molecule has 0 bridgehead atoms. The third-order valence-corrected chi connectivity index (χ3v) is 3.78. The fraction of sp³-hybridized carbons (Fsp3) is 0.417. The van der Waals surface area contributed by atoms with Gasteiger partial charge in [-0.25, -0.2) is 15.0 Å². The van der Waals surface area contributed by atoms with Gasteiger partial charge >= 0.3 is 0 Å². The summed E-state index contributed by atoms with van der Waals surface area (Å²) < 4.78 is 0. The Labute approximate surface area is 105 Å². The van der Waals surface area contributed by atoms with Gasteiger partial charge in [-0.2, -0.15) is 0 Å². The van der Waals surface area contributed by atoms with E-state index in [2.05, 4.69) is 34.1 Å². The number of aromatic nitrogens is 3. The molecular formula is C12H16N4S. The minimum atomic E-state index is 0.176. The first-order valence-corrected chi connectivity index (χ1v) is 6.50. The quantitative estimate of drug-likeness (QED) is 0.903. The lowest BCUT2D eigenvalue weighted by Crippen LogP contribution is -2.07. The van der Waals surface area contributed by atoms with E-state index in [-0.39, 0.29) is 6.04 Å². The Hall–Kier alpha value is -1.49. The van der Waals surface area contributed by atoms with Gasteiger partial charge in [0.2, 0.25) is 0 Å². The Morgan fingerprint density at radius 1 is 1.35 bits per heavy atom. The summed E-state index contributed by atoms with van der Waals surface area (Å²) in [6, 6.07) is 2.11. The molecule has 0 aliphatic rings. The van der Waals surface area contributed by atoms with Gasteiger partial charge in [0.15, 0.2) is 0 Å². The summed E-state index contributed by atoms with van der Waals surface area (Å²) in [4.78, 5) is 14.0. The van der Waals surface area contributed by atoms with Crippen LogP contribution in [0.1, 0.15) is 35.5 Å². The highest BCUT2D eigenvalue weighted by Crippen LogP contribution is 2.23. The van der Waals surface area contributed by atoms with Crippen LogP contribution in [0.15, 0.2) is 18.6 Å². The Kier molecular flexibility index (Phi) is 3.68. The fourth-order valence-electron chi connectivity index (χ4n) is 1.50. The fourth-order valence-corrected chi connectivity index (χ4v) is 2.36. The smallest absolute Gasteiger partial charge is 0.130 e. The van der Waals surface area contributed by atoms with Crippen molar-refractivity contribution in [1.82, 2.24) is 15.0 Å². The first kappa shape index (κ1) is 12.0. The molecule has 1 N–H and O–H groups in total. The Morgan fingerprint density at radius 3 is 2.82 bits per heavy atom. The zero-order valence-electron chi connectivity index (χ0n) is 10.3. The van der Waals surface area contributed by atoms with E-state index < -0.39 is 0 Å². The van der Waals surface area contributed by atoms with Crippen molar-refractivity contribution >= 4 is 17.2 Å². The molecule has 5 heteroatoms. The van der Waals surface area contributed by atoms with Gasteiger partial charge in [0.1, 0.15) is 17.2 Å². The molecule has 1 unspecified atom stereocenters. The number of hydrogen-bond donors (Lipinski definition) is 1. The van der Waals surface area contributed by atoms with Crippen LogP contribution in [0.2, 0.25) is 0 Å². The molecule has 0 spiro atoms. The van der Waals surface area contributed by atoms with Gasteiger partial charge in [-0.15, -0.1) is 11.3 Å². The summed E-state index contributed by atoms with van der Waals surface area (Å²) in [6.07, 6.45) is 4.56. The van der Waals surface area contributed by atoms with Crippen molar-refractivity contribution in [3.05, 3.63) is 34.2 Å². The molecule has 0 fully saturated rings. The van der Waals surface area contributed by atoms with Gasteiger partial charge in [0.25, 0.3) is 0 Å². The molecule has 2 rings (SSSR count). The number of nitrogens with zero attached hydrogens (tertiary/aromatic N) is 3. The van der Waals surface area contributed by atoms with Crippen LogP contribution in [0.4, 0.5) is 5.82 Å². The molecule has 4 nitrogen and oxygen atoms in total. The summed E-state index contributed by atoms with van der Waals surface area (Å²) in [7, 11) is 0. The summed E-state index contributed by atoms with van der Waals surface area (Å²) in [6.45, 7) is 6.19. The van der Waals surface area contributed by atoms with Crippen molar-refractivity contribution < 1.29 is 0 Å². The SMILES string of the molecule is CCc1cnc(C(C)Nc2cc(C)ncn2)s1. The molecule has 1 atom stereocenters. The van der Waals surface area contributed by atoms with Gasteiger partial charge in [-0.1, -0.05) is 6.92 Å². The number of nitrogens with one attached hydrogen (secondary N) is 1. The molecule has 17 heavy (non-hydrogen) atoms. The van der Waals surface area contributed by atoms with Crippen LogP contribution in [0.5, 0.6) is 0 Å². The van der Waals surface area contributed by atoms with E-state index >= 15 is 0 Å². The maximum absolute atomic E-state index is 4.42. The number of hydrogen-bond acceptors (Lipinski definition) is 5. The van der Waals surface area contributed by atoms with Crippen molar-refractivity contribution in [3.63, 3.8) is 0 Å². The van der Waals surface area contributed by atoms with Gasteiger partial charge in [0, 0.05) is 22.8 Å². The summed E-state index contributed by atoms with van der Waals surface area (Å²) >= 11 is 1.75. The monoisotopic (exact) mass is 248 g/mol. The first-order chi connectivity index (χ1) is 8.19. The lowest BCUT2D eigenvalue weighted by Gasteiger charge is -2.11. The number of rotatable bonds is 4. The van der Waals surface area contributed by atoms with Gasteiger partial charge < -0.3 is 5.32 Å². The maximum Gasteiger partial charge on any atom is 0.130 e. The predicted molar refractivity (Wildman–Crippen MR) is 70.3 cm³/mol. The lowest BCUT2D eigenvalue weighted by atomic mass is 10.3. The average Bonchev–Trinajstić information content (AvgIpc) is 2.77. The number of aryl methyl sites for hydroxylation is 2. The zero-order chi connectivity index (χ0) is 12.3. The molecular weight excluding hydrogens is 232 g/mol. The standard InChI is InChI=1S/C12H16N4S/c1-4-10-6-13-12(17-10)9(3)16-11-5-8(2)14-7-15-11/h5-7,9H,4H2,1-3H3,(H,14,15,16). The van der Waals surface area contributed by atoms with Crippen LogP contribution >= 0.6 is 11.3 Å². The van der Waals surface area contributed by atoms with E-state index in [1.807, 2.05) is 19.2 Å². The summed E-state index contributed by atoms with van der Waals surface area (Å²) in [5, 5.41) is 4.43. The molecule has 0 saturated heterocycles. The van der Waals surface area contributed by atoms with Crippen LogP contribution in [0.25, 0.3) is 0 Å². The Balaban J connectivity index is 2.08. The van der Waals surface area contributed by atoms with Crippen molar-refractivity contribution in [3.8, 4) is 0 Å². The van der Waals surface area contributed by atoms with E-state index in [9.17, 15) is 0 Å². The normalized spacial score (nSPS) is 12.4. The van der Waals surface area contributed by atoms with Crippen LogP contribution in [0.3, 0.4) is 0 Å². The van der Waals surface area contributed by atoms with Crippen molar-refractivity contribution in [1.29, 1.82) is 0 Å². The van der Waals surface area contributed by atoms with Crippen LogP contribution in [0, 0.1) is 6.92 Å². The maximum atomic E-state index is 4.42. The van der Waals surface area contributed by atoms with E-state index in [0.717, 1.165) is 22.9 Å². The molecule has 90 valence electrons. The topological polar surface area (TPSA) is 50.7 Å². The van der Waals surface area contributed by atoms with Crippen LogP contribution in [-0.4, -0.2) is 15.0 Å². The van der Waals surface area contributed by atoms with Crippen molar-refractivity contribution in [2.45, 2.75) is 33.2 Å². The van der Waals surface area contributed by atoms with Gasteiger partial charge in [-0.05, 0) is 20.3 Å². The molecule has 2 aromatic rings. The second kappa shape index (κ2) is 5.23. The predicted octanol–water partition coefficient (Wildman–Crippen LogP) is 2.98. The van der Waals surface area contributed by atoms with Crippen LogP contribution < -0.4 is 5.32 Å². The average molecular weight is 248 g/mol. The third-order valence-electron chi connectivity index (χ3n) is 2.46. The second-order valence-corrected chi connectivity index (χ2v) is 5.08. The molecule has 0 aromatic carbocycles. The van der Waals surface area contributed by atoms with E-state index in [4.69, 9.17) is 0 Å². The van der Waals surface area contributed by atoms with E-state index in [1.165, 1.54) is 4.88 Å². The largest absolute Gasteiger partial charge is 0.361 e. The van der Waals surface area contributed by atoms with Crippen molar-refractivity contribution in [2.75, 3.05) is 5.32 Å². The third kappa shape index (κ3) is 3.00.